The summed E-state index contributed by atoms with van der Waals surface area (Å²) in [6.07, 6.45) is 72.5. The van der Waals surface area contributed by atoms with E-state index in [9.17, 15) is 19.0 Å². The zero-order valence-corrected chi connectivity index (χ0v) is 53.3. The predicted octanol–water partition coefficient (Wildman–Crippen LogP) is 20.8. The number of hydrogen-bond acceptors (Lipinski definition) is 6. The van der Waals surface area contributed by atoms with Gasteiger partial charge in [0.2, 0.25) is 5.91 Å². The van der Waals surface area contributed by atoms with E-state index in [1.165, 1.54) is 205 Å². The van der Waals surface area contributed by atoms with Gasteiger partial charge in [-0.25, -0.2) is 4.57 Å². The van der Waals surface area contributed by atoms with Crippen LogP contribution in [0.5, 0.6) is 0 Å². The summed E-state index contributed by atoms with van der Waals surface area (Å²) in [7, 11) is 1.50. The van der Waals surface area contributed by atoms with Crippen molar-refractivity contribution in [2.24, 2.45) is 0 Å². The summed E-state index contributed by atoms with van der Waals surface area (Å²) < 4.78 is 30.8. The van der Waals surface area contributed by atoms with Crippen LogP contribution in [0, 0.1) is 0 Å². The third-order valence-electron chi connectivity index (χ3n) is 15.0. The molecular weight excluding hydrogens is 988 g/mol. The lowest BCUT2D eigenvalue weighted by Gasteiger charge is -2.27. The summed E-state index contributed by atoms with van der Waals surface area (Å²) in [5, 5.41) is 3.06. The molecule has 0 aliphatic rings. The number of carbonyl (C=O) groups is 2. The normalized spacial score (nSPS) is 13.9. The molecule has 0 heterocycles. The number of unbranched alkanes of at least 4 members (excludes halogenated alkanes) is 39. The summed E-state index contributed by atoms with van der Waals surface area (Å²) in [5.74, 6) is -0.503. The van der Waals surface area contributed by atoms with Crippen LogP contribution in [0.4, 0.5) is 0 Å². The first-order chi connectivity index (χ1) is 37.9. The number of ether oxygens (including phenoxy) is 1. The first kappa shape index (κ1) is 76.0. The van der Waals surface area contributed by atoms with Crippen molar-refractivity contribution in [3.8, 4) is 0 Å². The number of hydrogen-bond donors (Lipinski definition) is 2. The molecule has 0 spiro atoms. The number of esters is 1. The molecule has 3 unspecified atom stereocenters. The SMILES string of the molecule is CCCCC/C=C\C/C=C\CCCCCCCCCCCCCCCC(=O)OC(/C=C\CCCCCCCCCCCCC)C(COP(=O)(O)OCC[N+](C)(C)C)NC(=O)CCCCCCC/C=C/CCCCCCCCC. The number of likely N-dealkylation sites (N-methyl/N-ethyl adjacent to an activating group) is 1. The van der Waals surface area contributed by atoms with Crippen molar-refractivity contribution < 1.29 is 37.3 Å². The Hall–Kier alpha value is -2.03. The number of nitrogens with zero attached hydrogens (tertiary/aromatic N) is 1. The molecule has 0 aromatic carbocycles. The number of rotatable bonds is 61. The largest absolute Gasteiger partial charge is 0.472 e. The molecule has 9 nitrogen and oxygen atoms in total. The van der Waals surface area contributed by atoms with Gasteiger partial charge in [-0.05, 0) is 89.5 Å². The van der Waals surface area contributed by atoms with Gasteiger partial charge >= 0.3 is 13.8 Å². The molecule has 0 aliphatic carbocycles. The molecule has 0 saturated carbocycles. The molecule has 3 atom stereocenters. The Bertz CT molecular complexity index is 1470. The minimum Gasteiger partial charge on any atom is -0.456 e. The standard InChI is InChI=1S/C68H129N2O7P/c1-7-10-13-16-19-22-25-28-30-32-33-34-35-36-37-38-40-43-46-49-52-55-58-61-68(72)77-66(59-56-53-50-47-44-41-27-24-21-18-15-12-9-3)65(64-76-78(73,74)75-63-62-70(4,5)6)69-67(71)60-57-54-51-48-45-42-39-31-29-26-23-20-17-14-11-8-2/h19,22,28,30-31,39,56,59,65-66H,7-18,20-21,23-27,29,32-38,40-55,57-58,60-64H2,1-6H3,(H-,69,71,73,74)/p+1/b22-19-,30-28-,39-31+,59-56-. The van der Waals surface area contributed by atoms with E-state index in [-0.39, 0.29) is 25.1 Å². The van der Waals surface area contributed by atoms with Crippen molar-refractivity contribution in [1.82, 2.24) is 5.32 Å². The van der Waals surface area contributed by atoms with Crippen molar-refractivity contribution in [1.29, 1.82) is 0 Å². The summed E-state index contributed by atoms with van der Waals surface area (Å²) in [6.45, 7) is 7.02. The van der Waals surface area contributed by atoms with E-state index in [4.69, 9.17) is 13.8 Å². The monoisotopic (exact) mass is 1120 g/mol. The molecule has 0 fully saturated rings. The lowest BCUT2D eigenvalue weighted by Crippen LogP contribution is -2.47. The Kier molecular flexibility index (Phi) is 56.7. The van der Waals surface area contributed by atoms with Gasteiger partial charge in [-0.15, -0.1) is 0 Å². The fourth-order valence-electron chi connectivity index (χ4n) is 9.79. The van der Waals surface area contributed by atoms with Gasteiger partial charge in [-0.3, -0.25) is 18.6 Å². The topological polar surface area (TPSA) is 111 Å². The van der Waals surface area contributed by atoms with Crippen molar-refractivity contribution in [2.45, 2.75) is 335 Å². The van der Waals surface area contributed by atoms with Crippen LogP contribution < -0.4 is 5.32 Å². The van der Waals surface area contributed by atoms with Gasteiger partial charge in [0.05, 0.1) is 33.8 Å². The molecule has 0 aromatic rings. The quantitative estimate of drug-likeness (QED) is 0.0205. The number of carbonyl (C=O) groups excluding carboxylic acids is 2. The van der Waals surface area contributed by atoms with Gasteiger partial charge in [-0.2, -0.15) is 0 Å². The van der Waals surface area contributed by atoms with Crippen molar-refractivity contribution >= 4 is 19.7 Å². The number of quaternary nitrogens is 1. The van der Waals surface area contributed by atoms with Crippen LogP contribution in [0.15, 0.2) is 48.6 Å². The molecule has 2 N–H and O–H groups in total. The summed E-state index contributed by atoms with van der Waals surface area (Å²) in [5.41, 5.74) is 0. The van der Waals surface area contributed by atoms with Crippen LogP contribution in [-0.4, -0.2) is 74.3 Å². The second-order valence-corrected chi connectivity index (χ2v) is 25.4. The fraction of sp³-hybridized carbons (Fsp3) is 0.853. The van der Waals surface area contributed by atoms with Crippen LogP contribution in [0.3, 0.4) is 0 Å². The van der Waals surface area contributed by atoms with Crippen LogP contribution in [0.2, 0.25) is 0 Å². The molecule has 10 heteroatoms. The maximum absolute atomic E-state index is 13.6. The lowest BCUT2D eigenvalue weighted by molar-refractivity contribution is -0.870. The van der Waals surface area contributed by atoms with Gasteiger partial charge < -0.3 is 19.4 Å². The zero-order chi connectivity index (χ0) is 57.2. The number of amides is 1. The maximum Gasteiger partial charge on any atom is 0.472 e. The molecule has 0 radical (unpaired) electrons. The van der Waals surface area contributed by atoms with Crippen molar-refractivity contribution in [3.63, 3.8) is 0 Å². The number of nitrogens with one attached hydrogen (secondary N) is 1. The van der Waals surface area contributed by atoms with Crippen LogP contribution >= 0.6 is 7.82 Å². The number of allylic oxidation sites excluding steroid dienone is 7. The van der Waals surface area contributed by atoms with Crippen molar-refractivity contribution in [3.05, 3.63) is 48.6 Å². The maximum atomic E-state index is 13.6. The van der Waals surface area contributed by atoms with E-state index >= 15 is 0 Å². The smallest absolute Gasteiger partial charge is 0.456 e. The van der Waals surface area contributed by atoms with E-state index in [0.717, 1.165) is 83.5 Å². The fourth-order valence-corrected chi connectivity index (χ4v) is 10.5. The Balaban J connectivity index is 5.16. The predicted molar refractivity (Wildman–Crippen MR) is 337 cm³/mol. The molecule has 0 rings (SSSR count). The summed E-state index contributed by atoms with van der Waals surface area (Å²) >= 11 is 0. The molecule has 78 heavy (non-hydrogen) atoms. The lowest BCUT2D eigenvalue weighted by atomic mass is 10.0. The zero-order valence-electron chi connectivity index (χ0n) is 52.4. The van der Waals surface area contributed by atoms with E-state index < -0.39 is 20.0 Å². The van der Waals surface area contributed by atoms with Crippen LogP contribution in [-0.2, 0) is 27.9 Å². The summed E-state index contributed by atoms with van der Waals surface area (Å²) in [4.78, 5) is 37.8. The average Bonchev–Trinajstić information content (AvgIpc) is 3.40. The Morgan fingerprint density at radius 2 is 0.782 bits per heavy atom. The molecule has 458 valence electrons. The molecule has 0 bridgehead atoms. The first-order valence-corrected chi connectivity index (χ1v) is 35.0. The second kappa shape index (κ2) is 58.2. The minimum atomic E-state index is -4.45. The highest BCUT2D eigenvalue weighted by Crippen LogP contribution is 2.43. The minimum absolute atomic E-state index is 0.0396. The highest BCUT2D eigenvalue weighted by molar-refractivity contribution is 7.47. The molecule has 1 amide bonds. The molecule has 0 saturated heterocycles. The van der Waals surface area contributed by atoms with Gasteiger partial charge in [0, 0.05) is 12.8 Å². The van der Waals surface area contributed by atoms with E-state index in [1.54, 1.807) is 0 Å². The Morgan fingerprint density at radius 3 is 1.19 bits per heavy atom. The number of phosphoric acid groups is 1. The third kappa shape index (κ3) is 58.6. The molecule has 0 aromatic heterocycles. The van der Waals surface area contributed by atoms with Crippen molar-refractivity contribution in [2.75, 3.05) is 40.9 Å². The molecule has 0 aliphatic heterocycles. The third-order valence-corrected chi connectivity index (χ3v) is 16.0. The Labute approximate surface area is 484 Å². The van der Waals surface area contributed by atoms with Gasteiger partial charge in [-0.1, -0.05) is 269 Å². The van der Waals surface area contributed by atoms with Crippen LogP contribution in [0.25, 0.3) is 0 Å². The second-order valence-electron chi connectivity index (χ2n) is 24.0. The summed E-state index contributed by atoms with van der Waals surface area (Å²) in [6, 6.07) is -0.852. The first-order valence-electron chi connectivity index (χ1n) is 33.5. The van der Waals surface area contributed by atoms with Crippen LogP contribution in [0.1, 0.15) is 323 Å². The van der Waals surface area contributed by atoms with E-state index in [2.05, 4.69) is 62.5 Å². The Morgan fingerprint density at radius 1 is 0.449 bits per heavy atom. The number of phosphoric ester groups is 1. The van der Waals surface area contributed by atoms with Gasteiger partial charge in [0.15, 0.2) is 0 Å². The van der Waals surface area contributed by atoms with E-state index in [1.807, 2.05) is 33.3 Å². The molecular formula is C68H130N2O7P+. The van der Waals surface area contributed by atoms with Gasteiger partial charge in [0.25, 0.3) is 0 Å². The van der Waals surface area contributed by atoms with Gasteiger partial charge in [0.1, 0.15) is 19.3 Å². The van der Waals surface area contributed by atoms with E-state index in [0.29, 0.717) is 23.9 Å². The highest BCUT2D eigenvalue weighted by atomic mass is 31.2. The highest BCUT2D eigenvalue weighted by Gasteiger charge is 2.30. The average molecular weight is 1120 g/mol.